The Morgan fingerprint density at radius 2 is 1.92 bits per heavy atom. The molecule has 2 aromatic rings. The fourth-order valence-corrected chi connectivity index (χ4v) is 3.02. The summed E-state index contributed by atoms with van der Waals surface area (Å²) in [5.41, 5.74) is 1.17. The van der Waals surface area contributed by atoms with E-state index in [1.807, 2.05) is 18.4 Å². The van der Waals surface area contributed by atoms with Crippen LogP contribution in [0.2, 0.25) is 10.0 Å². The Kier molecular flexibility index (Phi) is 2.03. The van der Waals surface area contributed by atoms with Gasteiger partial charge in [0, 0.05) is 15.5 Å². The summed E-state index contributed by atoms with van der Waals surface area (Å²) in [6.07, 6.45) is 0. The van der Waals surface area contributed by atoms with E-state index in [9.17, 15) is 0 Å². The Morgan fingerprint density at radius 3 is 2.67 bits per heavy atom. The summed E-state index contributed by atoms with van der Waals surface area (Å²) < 4.78 is 1.16. The van der Waals surface area contributed by atoms with E-state index >= 15 is 0 Å². The molecule has 0 amide bonds. The standard InChI is InChI=1S/C9H6Cl2S/c1-5-2-6(10)9-7(11)4-12-8(9)3-5/h2-4H,1H3. The van der Waals surface area contributed by atoms with Gasteiger partial charge < -0.3 is 0 Å². The highest BCUT2D eigenvalue weighted by Crippen LogP contribution is 2.35. The molecule has 3 heteroatoms. The van der Waals surface area contributed by atoms with Crippen molar-refractivity contribution in [1.82, 2.24) is 0 Å². The van der Waals surface area contributed by atoms with Crippen molar-refractivity contribution in [3.63, 3.8) is 0 Å². The average molecular weight is 217 g/mol. The van der Waals surface area contributed by atoms with Crippen LogP contribution in [0.3, 0.4) is 0 Å². The van der Waals surface area contributed by atoms with Crippen molar-refractivity contribution < 1.29 is 0 Å². The van der Waals surface area contributed by atoms with Crippen LogP contribution in [0.5, 0.6) is 0 Å². The van der Waals surface area contributed by atoms with E-state index < -0.39 is 0 Å². The normalized spacial score (nSPS) is 10.9. The third-order valence-corrected chi connectivity index (χ3v) is 3.38. The molecule has 0 atom stereocenters. The van der Waals surface area contributed by atoms with Gasteiger partial charge in [-0.15, -0.1) is 11.3 Å². The van der Waals surface area contributed by atoms with Crippen molar-refractivity contribution >= 4 is 44.6 Å². The number of hydrogen-bond donors (Lipinski definition) is 0. The minimum atomic E-state index is 0.747. The maximum absolute atomic E-state index is 6.03. The molecule has 0 bridgehead atoms. The Balaban J connectivity index is 2.93. The highest BCUT2D eigenvalue weighted by Gasteiger charge is 2.06. The second-order valence-corrected chi connectivity index (χ2v) is 4.43. The largest absolute Gasteiger partial charge is 0.142 e. The maximum atomic E-state index is 6.03. The zero-order valence-corrected chi connectivity index (χ0v) is 8.72. The molecule has 1 aromatic carbocycles. The molecule has 1 aromatic heterocycles. The predicted octanol–water partition coefficient (Wildman–Crippen LogP) is 4.52. The number of aryl methyl sites for hydroxylation is 1. The molecule has 0 saturated heterocycles. The monoisotopic (exact) mass is 216 g/mol. The van der Waals surface area contributed by atoms with Crippen molar-refractivity contribution in [1.29, 1.82) is 0 Å². The van der Waals surface area contributed by atoms with Crippen LogP contribution in [0.4, 0.5) is 0 Å². The van der Waals surface area contributed by atoms with Crippen LogP contribution < -0.4 is 0 Å². The number of hydrogen-bond acceptors (Lipinski definition) is 1. The van der Waals surface area contributed by atoms with Crippen LogP contribution in [-0.4, -0.2) is 0 Å². The Labute approximate surface area is 84.7 Å². The minimum absolute atomic E-state index is 0.747. The van der Waals surface area contributed by atoms with Crippen LogP contribution in [0, 0.1) is 6.92 Å². The van der Waals surface area contributed by atoms with Crippen LogP contribution in [0.15, 0.2) is 17.5 Å². The number of rotatable bonds is 0. The lowest BCUT2D eigenvalue weighted by Crippen LogP contribution is -1.72. The smallest absolute Gasteiger partial charge is 0.0606 e. The third-order valence-electron chi connectivity index (χ3n) is 1.73. The van der Waals surface area contributed by atoms with Gasteiger partial charge in [-0.1, -0.05) is 23.2 Å². The lowest BCUT2D eigenvalue weighted by atomic mass is 10.2. The van der Waals surface area contributed by atoms with E-state index in [1.54, 1.807) is 11.3 Å². The lowest BCUT2D eigenvalue weighted by molar-refractivity contribution is 1.52. The summed E-state index contributed by atoms with van der Waals surface area (Å²) >= 11 is 13.6. The molecular weight excluding hydrogens is 211 g/mol. The number of benzene rings is 1. The zero-order valence-electron chi connectivity index (χ0n) is 6.40. The SMILES string of the molecule is Cc1cc(Cl)c2c(Cl)csc2c1. The van der Waals surface area contributed by atoms with Crippen molar-refractivity contribution in [2.45, 2.75) is 6.92 Å². The number of thiophene rings is 1. The van der Waals surface area contributed by atoms with Gasteiger partial charge in [0.2, 0.25) is 0 Å². The molecule has 1 heterocycles. The number of halogens is 2. The summed E-state index contributed by atoms with van der Waals surface area (Å²) in [5.74, 6) is 0. The zero-order chi connectivity index (χ0) is 8.72. The van der Waals surface area contributed by atoms with Crippen molar-refractivity contribution in [3.05, 3.63) is 33.1 Å². The van der Waals surface area contributed by atoms with Gasteiger partial charge in [0.25, 0.3) is 0 Å². The van der Waals surface area contributed by atoms with E-state index in [2.05, 4.69) is 6.07 Å². The molecule has 12 heavy (non-hydrogen) atoms. The van der Waals surface area contributed by atoms with Gasteiger partial charge in [0.1, 0.15) is 0 Å². The molecule has 62 valence electrons. The van der Waals surface area contributed by atoms with Gasteiger partial charge in [-0.2, -0.15) is 0 Å². The maximum Gasteiger partial charge on any atom is 0.0606 e. The summed E-state index contributed by atoms with van der Waals surface area (Å²) in [4.78, 5) is 0. The van der Waals surface area contributed by atoms with Crippen molar-refractivity contribution in [3.8, 4) is 0 Å². The Bertz CT molecular complexity index is 431. The topological polar surface area (TPSA) is 0 Å². The molecule has 0 N–H and O–H groups in total. The molecular formula is C9H6Cl2S. The van der Waals surface area contributed by atoms with Crippen molar-refractivity contribution in [2.75, 3.05) is 0 Å². The van der Waals surface area contributed by atoms with Crippen molar-refractivity contribution in [2.24, 2.45) is 0 Å². The quantitative estimate of drug-likeness (QED) is 0.608. The molecule has 0 fully saturated rings. The van der Waals surface area contributed by atoms with Crippen LogP contribution in [0.1, 0.15) is 5.56 Å². The molecule has 0 saturated carbocycles. The number of fused-ring (bicyclic) bond motifs is 1. The highest BCUT2D eigenvalue weighted by molar-refractivity contribution is 7.18. The van der Waals surface area contributed by atoms with E-state index in [0.717, 1.165) is 20.1 Å². The first-order chi connectivity index (χ1) is 5.68. The van der Waals surface area contributed by atoms with Gasteiger partial charge in [-0.25, -0.2) is 0 Å². The highest BCUT2D eigenvalue weighted by atomic mass is 35.5. The summed E-state index contributed by atoms with van der Waals surface area (Å²) in [6, 6.07) is 4.03. The molecule has 2 rings (SSSR count). The van der Waals surface area contributed by atoms with E-state index in [-0.39, 0.29) is 0 Å². The predicted molar refractivity (Wildman–Crippen MR) is 56.6 cm³/mol. The van der Waals surface area contributed by atoms with Gasteiger partial charge >= 0.3 is 0 Å². The summed E-state index contributed by atoms with van der Waals surface area (Å²) in [6.45, 7) is 2.03. The molecule has 0 unspecified atom stereocenters. The summed E-state index contributed by atoms with van der Waals surface area (Å²) in [5, 5.41) is 4.39. The molecule has 0 aliphatic heterocycles. The lowest BCUT2D eigenvalue weighted by Gasteiger charge is -1.96. The fraction of sp³-hybridized carbons (Fsp3) is 0.111. The summed E-state index contributed by atoms with van der Waals surface area (Å²) in [7, 11) is 0. The first kappa shape index (κ1) is 8.36. The van der Waals surface area contributed by atoms with Gasteiger partial charge in [-0.05, 0) is 24.6 Å². The average Bonchev–Trinajstić information content (AvgIpc) is 2.31. The third kappa shape index (κ3) is 1.22. The Morgan fingerprint density at radius 1 is 1.17 bits per heavy atom. The fourth-order valence-electron chi connectivity index (χ4n) is 1.21. The van der Waals surface area contributed by atoms with Crippen LogP contribution in [0.25, 0.3) is 10.1 Å². The first-order valence-electron chi connectivity index (χ1n) is 3.51. The molecule has 0 aliphatic rings. The second-order valence-electron chi connectivity index (χ2n) is 2.70. The second kappa shape index (κ2) is 2.91. The molecule has 0 spiro atoms. The molecule has 0 nitrogen and oxygen atoms in total. The molecule has 0 aliphatic carbocycles. The van der Waals surface area contributed by atoms with E-state index in [4.69, 9.17) is 23.2 Å². The van der Waals surface area contributed by atoms with Gasteiger partial charge in [0.15, 0.2) is 0 Å². The van der Waals surface area contributed by atoms with Crippen LogP contribution in [-0.2, 0) is 0 Å². The van der Waals surface area contributed by atoms with Gasteiger partial charge in [-0.3, -0.25) is 0 Å². The first-order valence-corrected chi connectivity index (χ1v) is 5.15. The van der Waals surface area contributed by atoms with Crippen LogP contribution >= 0.6 is 34.5 Å². The van der Waals surface area contributed by atoms with Gasteiger partial charge in [0.05, 0.1) is 10.0 Å². The minimum Gasteiger partial charge on any atom is -0.142 e. The van der Waals surface area contributed by atoms with E-state index in [0.29, 0.717) is 0 Å². The Hall–Kier alpha value is -0.240. The molecule has 0 radical (unpaired) electrons. The van der Waals surface area contributed by atoms with E-state index in [1.165, 1.54) is 5.56 Å².